The van der Waals surface area contributed by atoms with Crippen LogP contribution in [0.3, 0.4) is 0 Å². The molecule has 1 aromatic carbocycles. The number of nitro benzene ring substituents is 1. The molecule has 0 radical (unpaired) electrons. The minimum atomic E-state index is -0.470. The number of hydrazine groups is 1. The summed E-state index contributed by atoms with van der Waals surface area (Å²) in [4.78, 5) is 10.3. The Morgan fingerprint density at radius 2 is 2.05 bits per heavy atom. The van der Waals surface area contributed by atoms with Gasteiger partial charge in [0.1, 0.15) is 0 Å². The van der Waals surface area contributed by atoms with E-state index >= 15 is 0 Å². The minimum Gasteiger partial charge on any atom is -0.330 e. The van der Waals surface area contributed by atoms with Crippen LogP contribution in [0.25, 0.3) is 0 Å². The van der Waals surface area contributed by atoms with Crippen LogP contribution in [0.5, 0.6) is 0 Å². The van der Waals surface area contributed by atoms with Gasteiger partial charge in [-0.3, -0.25) is 15.5 Å². The van der Waals surface area contributed by atoms with Crippen molar-refractivity contribution in [2.75, 3.05) is 18.4 Å². The van der Waals surface area contributed by atoms with Crippen molar-refractivity contribution in [3.05, 3.63) is 33.3 Å². The van der Waals surface area contributed by atoms with E-state index in [4.69, 9.17) is 23.8 Å². The zero-order chi connectivity index (χ0) is 14.5. The molecule has 108 valence electrons. The Kier molecular flexibility index (Phi) is 5.11. The molecule has 0 saturated carbocycles. The number of nitro groups is 1. The van der Waals surface area contributed by atoms with Gasteiger partial charge in [0.15, 0.2) is 5.11 Å². The molecule has 0 bridgehead atoms. The van der Waals surface area contributed by atoms with Crippen LogP contribution in [0.4, 0.5) is 11.4 Å². The number of rotatable bonds is 3. The number of piperidine rings is 1. The summed E-state index contributed by atoms with van der Waals surface area (Å²) >= 11 is 11.2. The van der Waals surface area contributed by atoms with E-state index < -0.39 is 4.92 Å². The SMILES string of the molecule is O=[N+]([O-])c1ccc(Cl)c(NC(=S)NN2CCCCC2)c1. The molecule has 1 fully saturated rings. The molecule has 0 amide bonds. The first kappa shape index (κ1) is 15.0. The molecule has 0 aromatic heterocycles. The third-order valence-corrected chi connectivity index (χ3v) is 3.55. The van der Waals surface area contributed by atoms with Crippen LogP contribution in [0.15, 0.2) is 18.2 Å². The lowest BCUT2D eigenvalue weighted by atomic mass is 10.2. The van der Waals surface area contributed by atoms with E-state index in [9.17, 15) is 10.1 Å². The van der Waals surface area contributed by atoms with Crippen molar-refractivity contribution in [2.24, 2.45) is 0 Å². The predicted molar refractivity (Wildman–Crippen MR) is 82.9 cm³/mol. The van der Waals surface area contributed by atoms with E-state index in [1.165, 1.54) is 24.6 Å². The van der Waals surface area contributed by atoms with Gasteiger partial charge < -0.3 is 5.32 Å². The lowest BCUT2D eigenvalue weighted by molar-refractivity contribution is -0.384. The molecule has 0 atom stereocenters. The van der Waals surface area contributed by atoms with Crippen molar-refractivity contribution in [1.82, 2.24) is 10.4 Å². The lowest BCUT2D eigenvalue weighted by Crippen LogP contribution is -2.46. The highest BCUT2D eigenvalue weighted by atomic mass is 35.5. The van der Waals surface area contributed by atoms with E-state index in [2.05, 4.69) is 10.7 Å². The van der Waals surface area contributed by atoms with Gasteiger partial charge in [0, 0.05) is 25.2 Å². The lowest BCUT2D eigenvalue weighted by Gasteiger charge is -2.28. The number of halogens is 1. The maximum atomic E-state index is 10.7. The molecule has 1 aromatic rings. The summed E-state index contributed by atoms with van der Waals surface area (Å²) in [6.07, 6.45) is 3.50. The van der Waals surface area contributed by atoms with Crippen LogP contribution in [-0.2, 0) is 0 Å². The minimum absolute atomic E-state index is 0.0299. The molecule has 2 N–H and O–H groups in total. The van der Waals surface area contributed by atoms with Crippen LogP contribution in [0.2, 0.25) is 5.02 Å². The molecular formula is C12H15ClN4O2S. The summed E-state index contributed by atoms with van der Waals surface area (Å²) in [5.74, 6) is 0. The number of non-ortho nitro benzene ring substituents is 1. The molecule has 1 aliphatic rings. The fourth-order valence-electron chi connectivity index (χ4n) is 2.02. The Labute approximate surface area is 127 Å². The fourth-order valence-corrected chi connectivity index (χ4v) is 2.43. The second kappa shape index (κ2) is 6.83. The average molecular weight is 315 g/mol. The Bertz CT molecular complexity index is 520. The number of hydrogen-bond donors (Lipinski definition) is 2. The summed E-state index contributed by atoms with van der Waals surface area (Å²) in [5, 5.41) is 16.4. The third kappa shape index (κ3) is 4.03. The monoisotopic (exact) mass is 314 g/mol. The normalized spacial score (nSPS) is 15.7. The summed E-state index contributed by atoms with van der Waals surface area (Å²) < 4.78 is 0. The van der Waals surface area contributed by atoms with Gasteiger partial charge in [-0.15, -0.1) is 0 Å². The molecule has 2 rings (SSSR count). The van der Waals surface area contributed by atoms with Crippen LogP contribution in [-0.4, -0.2) is 28.1 Å². The van der Waals surface area contributed by atoms with Crippen LogP contribution < -0.4 is 10.7 Å². The molecule has 1 saturated heterocycles. The molecule has 6 nitrogen and oxygen atoms in total. The zero-order valence-electron chi connectivity index (χ0n) is 10.8. The van der Waals surface area contributed by atoms with Crippen LogP contribution in [0, 0.1) is 10.1 Å². The number of hydrogen-bond acceptors (Lipinski definition) is 4. The van der Waals surface area contributed by atoms with Crippen molar-refractivity contribution in [3.63, 3.8) is 0 Å². The quantitative estimate of drug-likeness (QED) is 0.508. The smallest absolute Gasteiger partial charge is 0.271 e. The summed E-state index contributed by atoms with van der Waals surface area (Å²) in [5.41, 5.74) is 3.46. The van der Waals surface area contributed by atoms with Gasteiger partial charge in [0.25, 0.3) is 5.69 Å². The first-order valence-electron chi connectivity index (χ1n) is 6.33. The summed E-state index contributed by atoms with van der Waals surface area (Å²) in [7, 11) is 0. The summed E-state index contributed by atoms with van der Waals surface area (Å²) in [6, 6.07) is 4.20. The van der Waals surface area contributed by atoms with Gasteiger partial charge in [-0.05, 0) is 31.1 Å². The van der Waals surface area contributed by atoms with Gasteiger partial charge in [0.05, 0.1) is 15.6 Å². The number of nitrogens with zero attached hydrogens (tertiary/aromatic N) is 2. The molecule has 1 heterocycles. The maximum Gasteiger partial charge on any atom is 0.271 e. The Balaban J connectivity index is 1.99. The van der Waals surface area contributed by atoms with Crippen molar-refractivity contribution in [3.8, 4) is 0 Å². The van der Waals surface area contributed by atoms with Crippen LogP contribution in [0.1, 0.15) is 19.3 Å². The Hall–Kier alpha value is -1.44. The second-order valence-electron chi connectivity index (χ2n) is 4.53. The van der Waals surface area contributed by atoms with Crippen molar-refractivity contribution in [1.29, 1.82) is 0 Å². The molecule has 8 heteroatoms. The first-order valence-corrected chi connectivity index (χ1v) is 7.11. The van der Waals surface area contributed by atoms with E-state index in [1.54, 1.807) is 0 Å². The third-order valence-electron chi connectivity index (χ3n) is 3.02. The highest BCUT2D eigenvalue weighted by Gasteiger charge is 2.13. The molecule has 0 spiro atoms. The van der Waals surface area contributed by atoms with E-state index in [1.807, 2.05) is 5.01 Å². The number of anilines is 1. The van der Waals surface area contributed by atoms with Gasteiger partial charge >= 0.3 is 0 Å². The fraction of sp³-hybridized carbons (Fsp3) is 0.417. The Morgan fingerprint density at radius 1 is 1.35 bits per heavy atom. The Morgan fingerprint density at radius 3 is 2.70 bits per heavy atom. The largest absolute Gasteiger partial charge is 0.330 e. The van der Waals surface area contributed by atoms with Gasteiger partial charge in [-0.2, -0.15) is 0 Å². The second-order valence-corrected chi connectivity index (χ2v) is 5.35. The van der Waals surface area contributed by atoms with Crippen LogP contribution >= 0.6 is 23.8 Å². The van der Waals surface area contributed by atoms with E-state index in [0.29, 0.717) is 15.8 Å². The number of benzene rings is 1. The zero-order valence-corrected chi connectivity index (χ0v) is 12.3. The molecule has 0 aliphatic carbocycles. The molecular weight excluding hydrogens is 300 g/mol. The standard InChI is InChI=1S/C12H15ClN4O2S/c13-10-5-4-9(17(18)19)8-11(10)14-12(20)15-16-6-2-1-3-7-16/h4-5,8H,1-3,6-7H2,(H2,14,15,20). The predicted octanol–water partition coefficient (Wildman–Crippen LogP) is 2.94. The molecule has 0 unspecified atom stereocenters. The number of thiocarbonyl (C=S) groups is 1. The maximum absolute atomic E-state index is 10.7. The van der Waals surface area contributed by atoms with Crippen molar-refractivity contribution < 1.29 is 4.92 Å². The van der Waals surface area contributed by atoms with Crippen molar-refractivity contribution >= 4 is 40.3 Å². The van der Waals surface area contributed by atoms with Gasteiger partial charge in [-0.25, -0.2) is 5.01 Å². The number of nitrogens with one attached hydrogen (secondary N) is 2. The topological polar surface area (TPSA) is 70.4 Å². The van der Waals surface area contributed by atoms with Gasteiger partial charge in [0.2, 0.25) is 0 Å². The van der Waals surface area contributed by atoms with Gasteiger partial charge in [-0.1, -0.05) is 18.0 Å². The van der Waals surface area contributed by atoms with E-state index in [0.717, 1.165) is 25.9 Å². The van der Waals surface area contributed by atoms with E-state index in [-0.39, 0.29) is 5.69 Å². The molecule has 20 heavy (non-hydrogen) atoms. The molecule has 1 aliphatic heterocycles. The van der Waals surface area contributed by atoms with Crippen molar-refractivity contribution in [2.45, 2.75) is 19.3 Å². The highest BCUT2D eigenvalue weighted by Crippen LogP contribution is 2.26. The average Bonchev–Trinajstić information content (AvgIpc) is 2.42. The first-order chi connectivity index (χ1) is 9.56. The summed E-state index contributed by atoms with van der Waals surface area (Å²) in [6.45, 7) is 1.87. The highest BCUT2D eigenvalue weighted by molar-refractivity contribution is 7.80.